The topological polar surface area (TPSA) is 55.1 Å². The molecule has 3 nitrogen and oxygen atoms in total. The second-order valence-electron chi connectivity index (χ2n) is 4.73. The van der Waals surface area contributed by atoms with Gasteiger partial charge in [0.2, 0.25) is 5.91 Å². The van der Waals surface area contributed by atoms with E-state index in [-0.39, 0.29) is 18.3 Å². The lowest BCUT2D eigenvalue weighted by Crippen LogP contribution is -2.23. The molecule has 0 radical (unpaired) electrons. The molecule has 1 unspecified atom stereocenters. The zero-order valence-electron chi connectivity index (χ0n) is 11.1. The minimum Gasteiger partial charge on any atom is -0.352 e. The second kappa shape index (κ2) is 8.27. The molecule has 3 N–H and O–H groups in total. The van der Waals surface area contributed by atoms with E-state index < -0.39 is 0 Å². The molecule has 0 saturated carbocycles. The van der Waals surface area contributed by atoms with Gasteiger partial charge in [0, 0.05) is 23.0 Å². The Kier molecular flexibility index (Phi) is 7.02. The van der Waals surface area contributed by atoms with Crippen molar-refractivity contribution in [2.45, 2.75) is 32.7 Å². The van der Waals surface area contributed by atoms with Crippen molar-refractivity contribution in [3.05, 3.63) is 34.1 Å². The number of nitrogens with two attached hydrogens (primary N) is 1. The third kappa shape index (κ3) is 6.16. The number of rotatable bonds is 7. The Morgan fingerprint density at radius 3 is 2.89 bits per heavy atom. The van der Waals surface area contributed by atoms with E-state index in [1.165, 1.54) is 6.07 Å². The molecule has 0 spiro atoms. The quantitative estimate of drug-likeness (QED) is 0.807. The van der Waals surface area contributed by atoms with E-state index in [1.807, 2.05) is 0 Å². The van der Waals surface area contributed by atoms with Crippen molar-refractivity contribution in [1.82, 2.24) is 5.32 Å². The number of carbonyl (C=O) groups is 1. The van der Waals surface area contributed by atoms with Crippen LogP contribution in [0.15, 0.2) is 22.7 Å². The lowest BCUT2D eigenvalue weighted by atomic mass is 10.0. The van der Waals surface area contributed by atoms with Gasteiger partial charge in [-0.2, -0.15) is 0 Å². The van der Waals surface area contributed by atoms with E-state index in [0.717, 1.165) is 17.3 Å². The van der Waals surface area contributed by atoms with Gasteiger partial charge in [0.25, 0.3) is 0 Å². The van der Waals surface area contributed by atoms with Gasteiger partial charge >= 0.3 is 0 Å². The number of benzene rings is 1. The van der Waals surface area contributed by atoms with Crippen LogP contribution in [0.2, 0.25) is 0 Å². The fourth-order valence-electron chi connectivity index (χ4n) is 1.77. The van der Waals surface area contributed by atoms with E-state index in [1.54, 1.807) is 12.1 Å². The van der Waals surface area contributed by atoms with E-state index in [9.17, 15) is 9.18 Å². The summed E-state index contributed by atoms with van der Waals surface area (Å²) in [5.41, 5.74) is 5.94. The van der Waals surface area contributed by atoms with Gasteiger partial charge in [0.05, 0.1) is 0 Å². The van der Waals surface area contributed by atoms with Crippen molar-refractivity contribution in [2.75, 3.05) is 6.54 Å². The Morgan fingerprint density at radius 2 is 2.21 bits per heavy atom. The first-order chi connectivity index (χ1) is 9.02. The molecule has 0 aliphatic rings. The third-order valence-electron chi connectivity index (χ3n) is 3.01. The van der Waals surface area contributed by atoms with Crippen LogP contribution in [0.5, 0.6) is 0 Å². The molecule has 1 rings (SSSR count). The minimum atomic E-state index is -0.306. The van der Waals surface area contributed by atoms with Gasteiger partial charge in [-0.15, -0.1) is 0 Å². The van der Waals surface area contributed by atoms with Gasteiger partial charge in [0.1, 0.15) is 5.82 Å². The predicted octanol–water partition coefficient (Wildman–Crippen LogP) is 2.97. The summed E-state index contributed by atoms with van der Waals surface area (Å²) in [5, 5.41) is 2.73. The van der Waals surface area contributed by atoms with Crippen LogP contribution in [0.1, 0.15) is 31.7 Å². The zero-order valence-corrected chi connectivity index (χ0v) is 12.7. The monoisotopic (exact) mass is 330 g/mol. The van der Waals surface area contributed by atoms with Gasteiger partial charge in [-0.1, -0.05) is 22.9 Å². The normalized spacial score (nSPS) is 12.2. The first-order valence-electron chi connectivity index (χ1n) is 6.43. The maximum atomic E-state index is 13.4. The third-order valence-corrected chi connectivity index (χ3v) is 3.50. The van der Waals surface area contributed by atoms with Crippen molar-refractivity contribution >= 4 is 21.8 Å². The van der Waals surface area contributed by atoms with Crippen LogP contribution < -0.4 is 11.1 Å². The molecule has 0 aliphatic heterocycles. The highest BCUT2D eigenvalue weighted by Crippen LogP contribution is 2.15. The average molecular weight is 331 g/mol. The molecule has 1 aromatic carbocycles. The van der Waals surface area contributed by atoms with E-state index in [4.69, 9.17) is 5.73 Å². The molecule has 0 aromatic heterocycles. The van der Waals surface area contributed by atoms with Gasteiger partial charge in [0.15, 0.2) is 0 Å². The molecule has 1 atom stereocenters. The van der Waals surface area contributed by atoms with Crippen molar-refractivity contribution in [3.8, 4) is 0 Å². The average Bonchev–Trinajstić information content (AvgIpc) is 2.38. The van der Waals surface area contributed by atoms with Gasteiger partial charge in [-0.25, -0.2) is 4.39 Å². The van der Waals surface area contributed by atoms with Crippen LogP contribution >= 0.6 is 15.9 Å². The Bertz CT molecular complexity index is 426. The van der Waals surface area contributed by atoms with Crippen LogP contribution in [0.25, 0.3) is 0 Å². The first-order valence-corrected chi connectivity index (χ1v) is 7.23. The summed E-state index contributed by atoms with van der Waals surface area (Å²) in [4.78, 5) is 11.6. The summed E-state index contributed by atoms with van der Waals surface area (Å²) in [5.74, 6) is 0.0848. The van der Waals surface area contributed by atoms with Crippen molar-refractivity contribution < 1.29 is 9.18 Å². The van der Waals surface area contributed by atoms with Crippen molar-refractivity contribution in [3.63, 3.8) is 0 Å². The SMILES string of the molecule is CC(CCN)CCC(=O)NCc1cc(Br)ccc1F. The lowest BCUT2D eigenvalue weighted by molar-refractivity contribution is -0.121. The maximum Gasteiger partial charge on any atom is 0.220 e. The highest BCUT2D eigenvalue weighted by molar-refractivity contribution is 9.10. The molecule has 0 heterocycles. The number of carbonyl (C=O) groups excluding carboxylic acids is 1. The zero-order chi connectivity index (χ0) is 14.3. The highest BCUT2D eigenvalue weighted by Gasteiger charge is 2.08. The second-order valence-corrected chi connectivity index (χ2v) is 5.65. The Balaban J connectivity index is 2.35. The van der Waals surface area contributed by atoms with Gasteiger partial charge < -0.3 is 11.1 Å². The summed E-state index contributed by atoms with van der Waals surface area (Å²) < 4.78 is 14.2. The summed E-state index contributed by atoms with van der Waals surface area (Å²) in [6, 6.07) is 4.69. The number of amides is 1. The molecule has 0 aliphatic carbocycles. The molecule has 106 valence electrons. The molecule has 5 heteroatoms. The van der Waals surface area contributed by atoms with E-state index in [2.05, 4.69) is 28.2 Å². The Hall–Kier alpha value is -0.940. The standard InChI is InChI=1S/C14H20BrFN2O/c1-10(6-7-17)2-5-14(19)18-9-11-8-12(15)3-4-13(11)16/h3-4,8,10H,2,5-7,9,17H2,1H3,(H,18,19). The fraction of sp³-hybridized carbons (Fsp3) is 0.500. The summed E-state index contributed by atoms with van der Waals surface area (Å²) in [6.45, 7) is 2.94. The number of hydrogen-bond acceptors (Lipinski definition) is 2. The predicted molar refractivity (Wildman–Crippen MR) is 78.0 cm³/mol. The van der Waals surface area contributed by atoms with E-state index >= 15 is 0 Å². The van der Waals surface area contributed by atoms with Crippen LogP contribution in [0.4, 0.5) is 4.39 Å². The fourth-order valence-corrected chi connectivity index (χ4v) is 2.18. The molecule has 19 heavy (non-hydrogen) atoms. The molecular formula is C14H20BrFN2O. The molecule has 1 aromatic rings. The Morgan fingerprint density at radius 1 is 1.47 bits per heavy atom. The maximum absolute atomic E-state index is 13.4. The van der Waals surface area contributed by atoms with Gasteiger partial charge in [-0.05, 0) is 43.5 Å². The molecule has 0 fully saturated rings. The number of halogens is 2. The number of hydrogen-bond donors (Lipinski definition) is 2. The van der Waals surface area contributed by atoms with Crippen LogP contribution in [-0.2, 0) is 11.3 Å². The Labute approximate surface area is 121 Å². The molecule has 0 saturated heterocycles. The van der Waals surface area contributed by atoms with Crippen LogP contribution in [-0.4, -0.2) is 12.5 Å². The van der Waals surface area contributed by atoms with E-state index in [0.29, 0.717) is 24.4 Å². The highest BCUT2D eigenvalue weighted by atomic mass is 79.9. The lowest BCUT2D eigenvalue weighted by Gasteiger charge is -2.10. The smallest absolute Gasteiger partial charge is 0.220 e. The largest absolute Gasteiger partial charge is 0.352 e. The molecule has 0 bridgehead atoms. The molecular weight excluding hydrogens is 311 g/mol. The van der Waals surface area contributed by atoms with Crippen molar-refractivity contribution in [2.24, 2.45) is 11.7 Å². The summed E-state index contributed by atoms with van der Waals surface area (Å²) in [6.07, 6.45) is 2.19. The summed E-state index contributed by atoms with van der Waals surface area (Å²) in [7, 11) is 0. The number of nitrogens with one attached hydrogen (secondary N) is 1. The van der Waals surface area contributed by atoms with Crippen molar-refractivity contribution in [1.29, 1.82) is 0 Å². The minimum absolute atomic E-state index is 0.0525. The molecule has 1 amide bonds. The van der Waals surface area contributed by atoms with Crippen LogP contribution in [0, 0.1) is 11.7 Å². The van der Waals surface area contributed by atoms with Crippen LogP contribution in [0.3, 0.4) is 0 Å². The first kappa shape index (κ1) is 16.1. The summed E-state index contributed by atoms with van der Waals surface area (Å²) >= 11 is 3.28. The van der Waals surface area contributed by atoms with Gasteiger partial charge in [-0.3, -0.25) is 4.79 Å².